The maximum Gasteiger partial charge on any atom is 0.224 e. The zero-order chi connectivity index (χ0) is 12.4. The topological polar surface area (TPSA) is 37.8 Å². The third kappa shape index (κ3) is 3.01. The molecule has 88 valence electrons. The van der Waals surface area contributed by atoms with Crippen molar-refractivity contribution in [2.45, 2.75) is 0 Å². The lowest BCUT2D eigenvalue weighted by molar-refractivity contribution is 1.15. The van der Waals surface area contributed by atoms with Crippen LogP contribution in [0.15, 0.2) is 28.9 Å². The van der Waals surface area contributed by atoms with Crippen LogP contribution in [0.25, 0.3) is 0 Å². The van der Waals surface area contributed by atoms with Gasteiger partial charge >= 0.3 is 0 Å². The van der Waals surface area contributed by atoms with Gasteiger partial charge in [-0.25, -0.2) is 4.98 Å². The van der Waals surface area contributed by atoms with Gasteiger partial charge in [0.15, 0.2) is 0 Å². The van der Waals surface area contributed by atoms with E-state index in [1.807, 2.05) is 0 Å². The number of anilines is 2. The maximum atomic E-state index is 6.05. The molecule has 1 N–H and O–H groups in total. The third-order valence-electron chi connectivity index (χ3n) is 1.92. The molecule has 0 fully saturated rings. The minimum absolute atomic E-state index is 0.147. The summed E-state index contributed by atoms with van der Waals surface area (Å²) in [6.07, 6.45) is 1.55. The molecule has 0 saturated heterocycles. The fourth-order valence-corrected chi connectivity index (χ4v) is 1.93. The lowest BCUT2D eigenvalue weighted by Crippen LogP contribution is -1.97. The Kier molecular flexibility index (Phi) is 4.09. The van der Waals surface area contributed by atoms with E-state index in [0.717, 1.165) is 0 Å². The van der Waals surface area contributed by atoms with Crippen LogP contribution in [0.4, 0.5) is 11.5 Å². The highest BCUT2D eigenvalue weighted by atomic mass is 79.9. The molecule has 2 aromatic rings. The molecule has 0 atom stereocenters. The normalized spacial score (nSPS) is 10.4. The van der Waals surface area contributed by atoms with E-state index < -0.39 is 0 Å². The number of benzene rings is 1. The number of hydrogen-bond donors (Lipinski definition) is 1. The first-order valence-corrected chi connectivity index (χ1v) is 6.39. The van der Waals surface area contributed by atoms with E-state index in [1.165, 1.54) is 0 Å². The second-order valence-electron chi connectivity index (χ2n) is 3.06. The van der Waals surface area contributed by atoms with Crippen LogP contribution in [0, 0.1) is 0 Å². The van der Waals surface area contributed by atoms with Gasteiger partial charge in [0.2, 0.25) is 5.28 Å². The molecule has 3 nitrogen and oxygen atoms in total. The van der Waals surface area contributed by atoms with Gasteiger partial charge in [-0.1, -0.05) is 29.3 Å². The van der Waals surface area contributed by atoms with Gasteiger partial charge in [-0.05, 0) is 39.7 Å². The molecular formula is C10H5BrCl3N3. The Morgan fingerprint density at radius 3 is 2.71 bits per heavy atom. The van der Waals surface area contributed by atoms with Crippen molar-refractivity contribution in [1.82, 2.24) is 9.97 Å². The van der Waals surface area contributed by atoms with Crippen LogP contribution in [0.2, 0.25) is 15.3 Å². The van der Waals surface area contributed by atoms with Crippen molar-refractivity contribution in [2.24, 2.45) is 0 Å². The largest absolute Gasteiger partial charge is 0.338 e. The summed E-state index contributed by atoms with van der Waals surface area (Å²) in [5, 5.41) is 4.06. The van der Waals surface area contributed by atoms with Crippen LogP contribution in [-0.4, -0.2) is 9.97 Å². The van der Waals surface area contributed by atoms with Crippen molar-refractivity contribution < 1.29 is 0 Å². The van der Waals surface area contributed by atoms with Crippen LogP contribution in [-0.2, 0) is 0 Å². The molecule has 0 radical (unpaired) electrons. The highest BCUT2D eigenvalue weighted by Crippen LogP contribution is 2.33. The van der Waals surface area contributed by atoms with Gasteiger partial charge in [-0.2, -0.15) is 4.98 Å². The number of halogens is 4. The predicted molar refractivity (Wildman–Crippen MR) is 74.5 cm³/mol. The third-order valence-corrected chi connectivity index (χ3v) is 3.50. The predicted octanol–water partition coefficient (Wildman–Crippen LogP) is 4.94. The quantitative estimate of drug-likeness (QED) is 0.777. The molecule has 0 aliphatic carbocycles. The molecule has 7 heteroatoms. The lowest BCUT2D eigenvalue weighted by Gasteiger charge is -2.09. The summed E-state index contributed by atoms with van der Waals surface area (Å²) in [4.78, 5) is 7.86. The first-order chi connectivity index (χ1) is 8.08. The smallest absolute Gasteiger partial charge is 0.224 e. The highest BCUT2D eigenvalue weighted by Gasteiger charge is 2.08. The van der Waals surface area contributed by atoms with Gasteiger partial charge in [0, 0.05) is 6.20 Å². The Balaban J connectivity index is 2.38. The number of hydrogen-bond acceptors (Lipinski definition) is 3. The van der Waals surface area contributed by atoms with Gasteiger partial charge in [0.1, 0.15) is 5.82 Å². The van der Waals surface area contributed by atoms with Crippen molar-refractivity contribution >= 4 is 62.2 Å². The van der Waals surface area contributed by atoms with E-state index in [9.17, 15) is 0 Å². The summed E-state index contributed by atoms with van der Waals surface area (Å²) in [6, 6.07) is 5.28. The van der Waals surface area contributed by atoms with Crippen molar-refractivity contribution in [3.63, 3.8) is 0 Å². The SMILES string of the molecule is Clc1ncc(Br)c(Nc2cccc(Cl)c2Cl)n1. The molecule has 1 aromatic carbocycles. The Bertz CT molecular complexity index is 562. The standard InChI is InChI=1S/C10H5BrCl3N3/c11-5-4-15-10(14)17-9(5)16-7-3-1-2-6(12)8(7)13/h1-4H,(H,15,16,17). The first-order valence-electron chi connectivity index (χ1n) is 4.47. The molecule has 0 unspecified atom stereocenters. The Morgan fingerprint density at radius 2 is 1.94 bits per heavy atom. The van der Waals surface area contributed by atoms with E-state index in [-0.39, 0.29) is 5.28 Å². The summed E-state index contributed by atoms with van der Waals surface area (Å²) in [5.41, 5.74) is 0.648. The van der Waals surface area contributed by atoms with Crippen LogP contribution in [0.1, 0.15) is 0 Å². The number of aromatic nitrogens is 2. The molecule has 17 heavy (non-hydrogen) atoms. The van der Waals surface area contributed by atoms with E-state index in [0.29, 0.717) is 26.0 Å². The maximum absolute atomic E-state index is 6.05. The van der Waals surface area contributed by atoms with Gasteiger partial charge in [0.25, 0.3) is 0 Å². The molecule has 0 spiro atoms. The fourth-order valence-electron chi connectivity index (χ4n) is 1.16. The average molecular weight is 353 g/mol. The second-order valence-corrected chi connectivity index (χ2v) is 5.04. The summed E-state index contributed by atoms with van der Waals surface area (Å²) < 4.78 is 0.679. The monoisotopic (exact) mass is 351 g/mol. The highest BCUT2D eigenvalue weighted by molar-refractivity contribution is 9.10. The summed E-state index contributed by atoms with van der Waals surface area (Å²) in [7, 11) is 0. The zero-order valence-electron chi connectivity index (χ0n) is 8.22. The van der Waals surface area contributed by atoms with Gasteiger partial charge in [0.05, 0.1) is 20.2 Å². The van der Waals surface area contributed by atoms with Crippen molar-refractivity contribution in [1.29, 1.82) is 0 Å². The van der Waals surface area contributed by atoms with E-state index in [4.69, 9.17) is 34.8 Å². The Morgan fingerprint density at radius 1 is 1.18 bits per heavy atom. The first kappa shape index (κ1) is 12.9. The Labute approximate surface area is 121 Å². The number of nitrogens with zero attached hydrogens (tertiary/aromatic N) is 2. The summed E-state index contributed by atoms with van der Waals surface area (Å²) in [5.74, 6) is 0.522. The molecule has 1 heterocycles. The van der Waals surface area contributed by atoms with Crippen molar-refractivity contribution in [3.8, 4) is 0 Å². The van der Waals surface area contributed by atoms with Gasteiger partial charge in [-0.3, -0.25) is 0 Å². The van der Waals surface area contributed by atoms with E-state index in [1.54, 1.807) is 24.4 Å². The lowest BCUT2D eigenvalue weighted by atomic mass is 10.3. The zero-order valence-corrected chi connectivity index (χ0v) is 12.1. The minimum Gasteiger partial charge on any atom is -0.338 e. The molecule has 1 aromatic heterocycles. The van der Waals surface area contributed by atoms with E-state index >= 15 is 0 Å². The van der Waals surface area contributed by atoms with Crippen LogP contribution >= 0.6 is 50.7 Å². The molecular weight excluding hydrogens is 348 g/mol. The second kappa shape index (κ2) is 5.40. The molecule has 0 saturated carbocycles. The number of nitrogens with one attached hydrogen (secondary N) is 1. The van der Waals surface area contributed by atoms with E-state index in [2.05, 4.69) is 31.2 Å². The Hall–Kier alpha value is -0.550. The van der Waals surface area contributed by atoms with Crippen LogP contribution in [0.3, 0.4) is 0 Å². The summed E-state index contributed by atoms with van der Waals surface area (Å²) in [6.45, 7) is 0. The van der Waals surface area contributed by atoms with Gasteiger partial charge < -0.3 is 5.32 Å². The minimum atomic E-state index is 0.147. The molecule has 2 rings (SSSR count). The molecule has 0 amide bonds. The average Bonchev–Trinajstić information content (AvgIpc) is 2.30. The van der Waals surface area contributed by atoms with Crippen LogP contribution < -0.4 is 5.32 Å². The summed E-state index contributed by atoms with van der Waals surface area (Å²) >= 11 is 21.0. The fraction of sp³-hybridized carbons (Fsp3) is 0. The van der Waals surface area contributed by atoms with Crippen molar-refractivity contribution in [2.75, 3.05) is 5.32 Å². The van der Waals surface area contributed by atoms with Gasteiger partial charge in [-0.15, -0.1) is 0 Å². The van der Waals surface area contributed by atoms with Crippen molar-refractivity contribution in [3.05, 3.63) is 44.2 Å². The molecule has 0 bridgehead atoms. The van der Waals surface area contributed by atoms with Crippen LogP contribution in [0.5, 0.6) is 0 Å². The number of rotatable bonds is 2. The molecule has 0 aliphatic heterocycles. The molecule has 0 aliphatic rings.